The molecule has 0 spiro atoms. The van der Waals surface area contributed by atoms with Gasteiger partial charge in [0.1, 0.15) is 17.2 Å². The van der Waals surface area contributed by atoms with Crippen molar-refractivity contribution >= 4 is 49.3 Å². The van der Waals surface area contributed by atoms with Crippen LogP contribution >= 0.6 is 11.3 Å². The highest BCUT2D eigenvalue weighted by molar-refractivity contribution is 7.22. The smallest absolute Gasteiger partial charge is 0.319 e. The van der Waals surface area contributed by atoms with Gasteiger partial charge in [0.2, 0.25) is 5.91 Å². The number of thiazole rings is 1. The number of carbonyl (C=O) groups excluding carboxylic acids is 1. The van der Waals surface area contributed by atoms with Crippen molar-refractivity contribution in [2.24, 2.45) is 5.41 Å². The second-order valence-electron chi connectivity index (χ2n) is 12.1. The largest absolute Gasteiger partial charge is 0.463 e. The van der Waals surface area contributed by atoms with E-state index in [0.717, 1.165) is 57.0 Å². The lowest BCUT2D eigenvalue weighted by Gasteiger charge is -2.30. The summed E-state index contributed by atoms with van der Waals surface area (Å²) < 4.78 is 49.1. The maximum Gasteiger partial charge on any atom is 0.319 e. The highest BCUT2D eigenvalue weighted by atomic mass is 32.1. The zero-order valence-corrected chi connectivity index (χ0v) is 26.1. The number of anilines is 2. The lowest BCUT2D eigenvalue weighted by molar-refractivity contribution is -0.117. The van der Waals surface area contributed by atoms with Gasteiger partial charge < -0.3 is 30.2 Å². The standard InChI is InChI=1S/C32H35F2N7O4S/c1-2-24(42)36-19-15-41(11-14-44-16-19)29-22-4-3-20(21-5-6-23(33)28-27(21)37-30(35)46-28)25(34)26(22)38-31(39-29)45-18-32(7-8-32)17-40-9-12-43-13-10-40/h2-6,19H,1,7-18H2,(H2,35,37)(H,36,42)/t19-/m0/s1. The molecule has 1 aliphatic carbocycles. The molecule has 4 aromatic rings. The second-order valence-corrected chi connectivity index (χ2v) is 13.1. The van der Waals surface area contributed by atoms with E-state index in [-0.39, 0.29) is 49.8 Å². The fraction of sp³-hybridized carbons (Fsp3) is 0.438. The molecule has 2 aliphatic heterocycles. The minimum atomic E-state index is -0.609. The number of aromatic nitrogens is 3. The number of ether oxygens (including phenoxy) is 3. The molecule has 2 aromatic heterocycles. The third-order valence-electron chi connectivity index (χ3n) is 8.79. The van der Waals surface area contributed by atoms with Crippen LogP contribution in [0.3, 0.4) is 0 Å². The van der Waals surface area contributed by atoms with E-state index in [9.17, 15) is 9.18 Å². The Bertz CT molecular complexity index is 1790. The summed E-state index contributed by atoms with van der Waals surface area (Å²) in [6.07, 6.45) is 3.26. The number of nitrogens with two attached hydrogens (primary N) is 1. The minimum Gasteiger partial charge on any atom is -0.463 e. The summed E-state index contributed by atoms with van der Waals surface area (Å²) in [6.45, 7) is 9.54. The molecule has 4 heterocycles. The van der Waals surface area contributed by atoms with E-state index in [1.165, 1.54) is 18.2 Å². The van der Waals surface area contributed by atoms with E-state index in [1.54, 1.807) is 12.1 Å². The van der Waals surface area contributed by atoms with Crippen LogP contribution in [0.1, 0.15) is 12.8 Å². The molecule has 2 saturated heterocycles. The van der Waals surface area contributed by atoms with Gasteiger partial charge in [0, 0.05) is 54.7 Å². The van der Waals surface area contributed by atoms with Gasteiger partial charge in [-0.3, -0.25) is 9.69 Å². The first-order chi connectivity index (χ1) is 22.3. The molecule has 46 heavy (non-hydrogen) atoms. The van der Waals surface area contributed by atoms with Crippen molar-refractivity contribution in [3.63, 3.8) is 0 Å². The van der Waals surface area contributed by atoms with E-state index in [2.05, 4.69) is 26.8 Å². The van der Waals surface area contributed by atoms with Crippen molar-refractivity contribution < 1.29 is 27.8 Å². The quantitative estimate of drug-likeness (QED) is 0.258. The molecule has 0 bridgehead atoms. The number of halogens is 2. The lowest BCUT2D eigenvalue weighted by atomic mass is 10.0. The van der Waals surface area contributed by atoms with E-state index in [4.69, 9.17) is 24.9 Å². The second kappa shape index (κ2) is 12.7. The number of morpholine rings is 1. The van der Waals surface area contributed by atoms with Gasteiger partial charge in [-0.25, -0.2) is 13.8 Å². The number of carbonyl (C=O) groups is 1. The van der Waals surface area contributed by atoms with E-state index >= 15 is 4.39 Å². The maximum atomic E-state index is 16.7. The molecule has 7 rings (SSSR count). The van der Waals surface area contributed by atoms with Gasteiger partial charge in [-0.2, -0.15) is 9.97 Å². The van der Waals surface area contributed by atoms with Gasteiger partial charge in [0.25, 0.3) is 0 Å². The third kappa shape index (κ3) is 6.21. The summed E-state index contributed by atoms with van der Waals surface area (Å²) in [5.74, 6) is -0.926. The van der Waals surface area contributed by atoms with Crippen LogP contribution in [0.2, 0.25) is 0 Å². The van der Waals surface area contributed by atoms with Crippen LogP contribution in [-0.4, -0.2) is 97.6 Å². The van der Waals surface area contributed by atoms with Gasteiger partial charge in [-0.15, -0.1) is 0 Å². The van der Waals surface area contributed by atoms with Crippen LogP contribution in [-0.2, 0) is 14.3 Å². The van der Waals surface area contributed by atoms with Crippen LogP contribution in [0.5, 0.6) is 6.01 Å². The molecule has 2 aromatic carbocycles. The fourth-order valence-electron chi connectivity index (χ4n) is 6.18. The van der Waals surface area contributed by atoms with Crippen LogP contribution in [0.4, 0.5) is 19.7 Å². The van der Waals surface area contributed by atoms with Crippen molar-refractivity contribution in [3.8, 4) is 17.1 Å². The molecule has 1 amide bonds. The number of nitrogen functional groups attached to an aromatic ring is 1. The first-order valence-corrected chi connectivity index (χ1v) is 16.2. The number of benzene rings is 2. The normalized spacial score (nSPS) is 20.0. The highest BCUT2D eigenvalue weighted by Crippen LogP contribution is 2.47. The first-order valence-electron chi connectivity index (χ1n) is 15.4. The summed E-state index contributed by atoms with van der Waals surface area (Å²) in [5, 5.41) is 3.55. The Labute approximate surface area is 268 Å². The van der Waals surface area contributed by atoms with Crippen molar-refractivity contribution in [1.82, 2.24) is 25.2 Å². The molecule has 14 heteroatoms. The zero-order chi connectivity index (χ0) is 31.8. The van der Waals surface area contributed by atoms with Crippen LogP contribution in [0.25, 0.3) is 32.2 Å². The Balaban J connectivity index is 1.27. The van der Waals surface area contributed by atoms with E-state index < -0.39 is 11.6 Å². The van der Waals surface area contributed by atoms with E-state index in [0.29, 0.717) is 49.7 Å². The van der Waals surface area contributed by atoms with Crippen molar-refractivity contribution in [3.05, 3.63) is 48.6 Å². The fourth-order valence-corrected chi connectivity index (χ4v) is 6.94. The topological polar surface area (TPSA) is 128 Å². The molecule has 0 unspecified atom stereocenters. The first kappa shape index (κ1) is 30.7. The summed E-state index contributed by atoms with van der Waals surface area (Å²) in [5.41, 5.74) is 6.85. The van der Waals surface area contributed by atoms with Gasteiger partial charge >= 0.3 is 6.01 Å². The Morgan fingerprint density at radius 3 is 2.65 bits per heavy atom. The van der Waals surface area contributed by atoms with Gasteiger partial charge in [-0.05, 0) is 37.1 Å². The van der Waals surface area contributed by atoms with Crippen molar-refractivity contribution in [1.29, 1.82) is 0 Å². The van der Waals surface area contributed by atoms with Crippen molar-refractivity contribution in [2.75, 3.05) is 76.4 Å². The Morgan fingerprint density at radius 1 is 1.09 bits per heavy atom. The summed E-state index contributed by atoms with van der Waals surface area (Å²) in [6, 6.07) is 5.88. The highest BCUT2D eigenvalue weighted by Gasteiger charge is 2.45. The molecule has 1 saturated carbocycles. The number of amides is 1. The molecule has 0 radical (unpaired) electrons. The number of hydrogen-bond donors (Lipinski definition) is 2. The SMILES string of the molecule is C=CC(=O)N[C@@H]1COCCN(c2nc(OCC3(CN4CCOCC4)CC3)nc3c(F)c(-c4ccc(F)c5sc(N)nc45)ccc23)C1. The molecule has 11 nitrogen and oxygen atoms in total. The summed E-state index contributed by atoms with van der Waals surface area (Å²) in [7, 11) is 0. The molecule has 242 valence electrons. The van der Waals surface area contributed by atoms with Gasteiger partial charge in [-0.1, -0.05) is 24.0 Å². The number of rotatable bonds is 9. The Morgan fingerprint density at radius 2 is 1.87 bits per heavy atom. The summed E-state index contributed by atoms with van der Waals surface area (Å²) >= 11 is 1.01. The average Bonchev–Trinajstić information content (AvgIpc) is 3.77. The Kier molecular flexibility index (Phi) is 8.44. The molecular formula is C32H35F2N7O4S. The average molecular weight is 652 g/mol. The predicted octanol–water partition coefficient (Wildman–Crippen LogP) is 3.77. The number of fused-ring (bicyclic) bond motifs is 2. The van der Waals surface area contributed by atoms with Crippen LogP contribution in [0, 0.1) is 17.0 Å². The number of hydrogen-bond acceptors (Lipinski definition) is 11. The molecule has 3 aliphatic rings. The number of nitrogens with one attached hydrogen (secondary N) is 1. The minimum absolute atomic E-state index is 0.0169. The van der Waals surface area contributed by atoms with Gasteiger partial charge in [0.05, 0.1) is 49.3 Å². The maximum absolute atomic E-state index is 16.7. The molecule has 3 fully saturated rings. The molecule has 1 atom stereocenters. The summed E-state index contributed by atoms with van der Waals surface area (Å²) in [4.78, 5) is 30.2. The predicted molar refractivity (Wildman–Crippen MR) is 172 cm³/mol. The van der Waals surface area contributed by atoms with Crippen LogP contribution < -0.4 is 20.7 Å². The van der Waals surface area contributed by atoms with E-state index in [1.807, 2.05) is 4.90 Å². The monoisotopic (exact) mass is 651 g/mol. The zero-order valence-electron chi connectivity index (χ0n) is 25.3. The van der Waals surface area contributed by atoms with Crippen LogP contribution in [0.15, 0.2) is 36.9 Å². The van der Waals surface area contributed by atoms with Crippen molar-refractivity contribution in [2.45, 2.75) is 18.9 Å². The molecule has 3 N–H and O–H groups in total. The van der Waals surface area contributed by atoms with Gasteiger partial charge in [0.15, 0.2) is 10.9 Å². The lowest BCUT2D eigenvalue weighted by Crippen LogP contribution is -2.44. The molecular weight excluding hydrogens is 616 g/mol. The third-order valence-corrected chi connectivity index (χ3v) is 9.69. The Hall–Kier alpha value is -3.98. The number of nitrogens with zero attached hydrogens (tertiary/aromatic N) is 5.